The maximum absolute atomic E-state index is 3.69. The fourth-order valence-corrected chi connectivity index (χ4v) is 3.33. The van der Waals surface area contributed by atoms with Crippen molar-refractivity contribution >= 4 is 0 Å². The normalized spacial score (nSPS) is 16.9. The maximum Gasteiger partial charge on any atom is 0.0145 e. The van der Waals surface area contributed by atoms with Crippen molar-refractivity contribution in [2.75, 3.05) is 6.54 Å². The van der Waals surface area contributed by atoms with Crippen LogP contribution in [0.4, 0.5) is 0 Å². The van der Waals surface area contributed by atoms with Crippen molar-refractivity contribution in [3.63, 3.8) is 0 Å². The number of rotatable bonds is 6. The molecule has 0 aliphatic heterocycles. The summed E-state index contributed by atoms with van der Waals surface area (Å²) in [6.45, 7) is 7.76. The van der Waals surface area contributed by atoms with E-state index in [1.165, 1.54) is 48.8 Å². The van der Waals surface area contributed by atoms with Crippen LogP contribution in [0.25, 0.3) is 0 Å². The zero-order chi connectivity index (χ0) is 14.4. The summed E-state index contributed by atoms with van der Waals surface area (Å²) < 4.78 is 0. The average Bonchev–Trinajstić information content (AvgIpc) is 2.44. The lowest BCUT2D eigenvalue weighted by molar-refractivity contribution is 0.502. The molecule has 0 saturated heterocycles. The van der Waals surface area contributed by atoms with Crippen LogP contribution in [0, 0.1) is 13.8 Å². The molecule has 1 aromatic rings. The molecule has 0 heterocycles. The molecule has 110 valence electrons. The van der Waals surface area contributed by atoms with Gasteiger partial charge in [0.15, 0.2) is 0 Å². The molecule has 0 aromatic heterocycles. The molecule has 0 bridgehead atoms. The van der Waals surface area contributed by atoms with E-state index in [0.29, 0.717) is 6.04 Å². The Morgan fingerprint density at radius 2 is 1.85 bits per heavy atom. The minimum absolute atomic E-state index is 0.587. The van der Waals surface area contributed by atoms with E-state index in [4.69, 9.17) is 0 Å². The number of benzene rings is 1. The van der Waals surface area contributed by atoms with Gasteiger partial charge in [0.25, 0.3) is 0 Å². The summed E-state index contributed by atoms with van der Waals surface area (Å²) in [4.78, 5) is 0. The van der Waals surface area contributed by atoms with Crippen molar-refractivity contribution in [1.82, 2.24) is 5.32 Å². The number of nitrogens with one attached hydrogen (secondary N) is 1. The van der Waals surface area contributed by atoms with Gasteiger partial charge in [0.1, 0.15) is 0 Å². The van der Waals surface area contributed by atoms with E-state index in [-0.39, 0.29) is 0 Å². The van der Waals surface area contributed by atoms with Crippen LogP contribution in [-0.2, 0) is 6.42 Å². The molecule has 1 N–H and O–H groups in total. The first-order valence-electron chi connectivity index (χ1n) is 8.17. The highest BCUT2D eigenvalue weighted by Crippen LogP contribution is 2.24. The first-order chi connectivity index (χ1) is 9.70. The van der Waals surface area contributed by atoms with Gasteiger partial charge in [-0.05, 0) is 75.6 Å². The van der Waals surface area contributed by atoms with Crippen molar-refractivity contribution in [3.05, 3.63) is 46.5 Å². The van der Waals surface area contributed by atoms with E-state index in [1.54, 1.807) is 5.57 Å². The van der Waals surface area contributed by atoms with Gasteiger partial charge in [-0.1, -0.05) is 36.8 Å². The second-order valence-electron chi connectivity index (χ2n) is 6.14. The molecule has 2 rings (SSSR count). The number of likely N-dealkylation sites (N-methyl/N-ethyl adjacent to an activating group) is 1. The third-order valence-corrected chi connectivity index (χ3v) is 4.48. The lowest BCUT2D eigenvalue weighted by atomic mass is 9.89. The van der Waals surface area contributed by atoms with Crippen molar-refractivity contribution in [3.8, 4) is 0 Å². The summed E-state index contributed by atoms with van der Waals surface area (Å²) in [7, 11) is 0. The monoisotopic (exact) mass is 271 g/mol. The topological polar surface area (TPSA) is 12.0 Å². The largest absolute Gasteiger partial charge is 0.314 e. The summed E-state index contributed by atoms with van der Waals surface area (Å²) in [6, 6.07) is 7.24. The SMILES string of the molecule is CCNC(CC1=CCCCC1)Cc1c(C)cccc1C. The van der Waals surface area contributed by atoms with Gasteiger partial charge in [-0.15, -0.1) is 0 Å². The van der Waals surface area contributed by atoms with Crippen LogP contribution in [0.5, 0.6) is 0 Å². The van der Waals surface area contributed by atoms with Crippen molar-refractivity contribution < 1.29 is 0 Å². The van der Waals surface area contributed by atoms with E-state index in [9.17, 15) is 0 Å². The van der Waals surface area contributed by atoms with Gasteiger partial charge in [-0.25, -0.2) is 0 Å². The molecule has 0 saturated carbocycles. The summed E-state index contributed by atoms with van der Waals surface area (Å²) >= 11 is 0. The summed E-state index contributed by atoms with van der Waals surface area (Å²) in [5.74, 6) is 0. The van der Waals surface area contributed by atoms with Gasteiger partial charge in [0.2, 0.25) is 0 Å². The van der Waals surface area contributed by atoms with Crippen molar-refractivity contribution in [2.45, 2.75) is 65.3 Å². The second kappa shape index (κ2) is 7.64. The molecule has 1 nitrogen and oxygen atoms in total. The Hall–Kier alpha value is -1.08. The predicted molar refractivity (Wildman–Crippen MR) is 88.3 cm³/mol. The Labute approximate surface area is 124 Å². The second-order valence-corrected chi connectivity index (χ2v) is 6.14. The number of hydrogen-bond acceptors (Lipinski definition) is 1. The van der Waals surface area contributed by atoms with E-state index in [2.05, 4.69) is 50.4 Å². The minimum Gasteiger partial charge on any atom is -0.314 e. The third-order valence-electron chi connectivity index (χ3n) is 4.48. The Kier molecular flexibility index (Phi) is 5.85. The molecule has 1 atom stereocenters. The van der Waals surface area contributed by atoms with Crippen LogP contribution in [0.1, 0.15) is 55.7 Å². The number of hydrogen-bond donors (Lipinski definition) is 1. The average molecular weight is 271 g/mol. The smallest absolute Gasteiger partial charge is 0.0145 e. The minimum atomic E-state index is 0.587. The van der Waals surface area contributed by atoms with Gasteiger partial charge in [0, 0.05) is 6.04 Å². The molecule has 0 fully saturated rings. The molecule has 20 heavy (non-hydrogen) atoms. The Bertz CT molecular complexity index is 439. The predicted octanol–water partition coefficient (Wildman–Crippen LogP) is 4.71. The van der Waals surface area contributed by atoms with Crippen LogP contribution in [0.3, 0.4) is 0 Å². The molecular formula is C19H29N. The van der Waals surface area contributed by atoms with Crippen molar-refractivity contribution in [2.24, 2.45) is 0 Å². The highest BCUT2D eigenvalue weighted by atomic mass is 14.9. The molecule has 1 aliphatic carbocycles. The standard InChI is InChI=1S/C19H29N/c1-4-20-18(13-17-11-6-5-7-12-17)14-19-15(2)9-8-10-16(19)3/h8-11,18,20H,4-7,12-14H2,1-3H3. The summed E-state index contributed by atoms with van der Waals surface area (Å²) in [5, 5.41) is 3.69. The molecule has 0 amide bonds. The summed E-state index contributed by atoms with van der Waals surface area (Å²) in [6.07, 6.45) is 10.2. The van der Waals surface area contributed by atoms with Gasteiger partial charge in [-0.3, -0.25) is 0 Å². The van der Waals surface area contributed by atoms with Crippen LogP contribution in [0.15, 0.2) is 29.8 Å². The molecule has 0 spiro atoms. The molecule has 1 aliphatic rings. The Balaban J connectivity index is 2.06. The van der Waals surface area contributed by atoms with Crippen LogP contribution >= 0.6 is 0 Å². The molecule has 0 radical (unpaired) electrons. The quantitative estimate of drug-likeness (QED) is 0.739. The first kappa shape index (κ1) is 15.3. The third kappa shape index (κ3) is 4.21. The van der Waals surface area contributed by atoms with Crippen LogP contribution in [0.2, 0.25) is 0 Å². The van der Waals surface area contributed by atoms with E-state index in [0.717, 1.165) is 13.0 Å². The van der Waals surface area contributed by atoms with E-state index < -0.39 is 0 Å². The summed E-state index contributed by atoms with van der Waals surface area (Å²) in [5.41, 5.74) is 6.08. The highest BCUT2D eigenvalue weighted by Gasteiger charge is 2.14. The van der Waals surface area contributed by atoms with Gasteiger partial charge in [0.05, 0.1) is 0 Å². The van der Waals surface area contributed by atoms with Crippen molar-refractivity contribution in [1.29, 1.82) is 0 Å². The maximum atomic E-state index is 3.69. The first-order valence-corrected chi connectivity index (χ1v) is 8.17. The fraction of sp³-hybridized carbons (Fsp3) is 0.579. The van der Waals surface area contributed by atoms with Crippen LogP contribution in [-0.4, -0.2) is 12.6 Å². The molecule has 1 unspecified atom stereocenters. The van der Waals surface area contributed by atoms with E-state index in [1.807, 2.05) is 0 Å². The van der Waals surface area contributed by atoms with Crippen LogP contribution < -0.4 is 5.32 Å². The fourth-order valence-electron chi connectivity index (χ4n) is 3.33. The Morgan fingerprint density at radius 3 is 2.45 bits per heavy atom. The zero-order valence-electron chi connectivity index (χ0n) is 13.3. The lowest BCUT2D eigenvalue weighted by Gasteiger charge is -2.23. The molecule has 1 aromatic carbocycles. The lowest BCUT2D eigenvalue weighted by Crippen LogP contribution is -2.32. The van der Waals surface area contributed by atoms with Gasteiger partial charge >= 0.3 is 0 Å². The molecule has 1 heteroatoms. The zero-order valence-corrected chi connectivity index (χ0v) is 13.3. The van der Waals surface area contributed by atoms with Gasteiger partial charge < -0.3 is 5.32 Å². The van der Waals surface area contributed by atoms with E-state index >= 15 is 0 Å². The molecular weight excluding hydrogens is 242 g/mol. The van der Waals surface area contributed by atoms with Gasteiger partial charge in [-0.2, -0.15) is 0 Å². The number of aryl methyl sites for hydroxylation is 2. The Morgan fingerprint density at radius 1 is 1.10 bits per heavy atom. The highest BCUT2D eigenvalue weighted by molar-refractivity contribution is 5.34. The number of allylic oxidation sites excluding steroid dienone is 1.